The van der Waals surface area contributed by atoms with Gasteiger partial charge in [-0.2, -0.15) is 0 Å². The summed E-state index contributed by atoms with van der Waals surface area (Å²) in [6, 6.07) is 10.6. The summed E-state index contributed by atoms with van der Waals surface area (Å²) >= 11 is 0. The van der Waals surface area contributed by atoms with Crippen LogP contribution in [0.1, 0.15) is 31.7 Å². The van der Waals surface area contributed by atoms with Gasteiger partial charge in [0.2, 0.25) is 0 Å². The minimum Gasteiger partial charge on any atom is -0.375 e. The molecule has 164 valence electrons. The summed E-state index contributed by atoms with van der Waals surface area (Å²) in [6.07, 6.45) is 3.72. The lowest BCUT2D eigenvalue weighted by Gasteiger charge is -2.37. The van der Waals surface area contributed by atoms with E-state index in [1.807, 2.05) is 0 Å². The van der Waals surface area contributed by atoms with E-state index < -0.39 is 0 Å². The van der Waals surface area contributed by atoms with Crippen molar-refractivity contribution in [2.45, 2.75) is 44.9 Å². The van der Waals surface area contributed by atoms with Gasteiger partial charge in [-0.05, 0) is 45.3 Å². The third-order valence-corrected chi connectivity index (χ3v) is 5.36. The fraction of sp³-hybridized carbons (Fsp3) is 0.682. The zero-order valence-corrected chi connectivity index (χ0v) is 20.2. The van der Waals surface area contributed by atoms with Crippen molar-refractivity contribution in [3.05, 3.63) is 35.9 Å². The van der Waals surface area contributed by atoms with Crippen molar-refractivity contribution in [2.24, 2.45) is 4.99 Å². The number of halogens is 1. The fourth-order valence-electron chi connectivity index (χ4n) is 3.91. The lowest BCUT2D eigenvalue weighted by Crippen LogP contribution is -2.53. The molecule has 0 bridgehead atoms. The van der Waals surface area contributed by atoms with Gasteiger partial charge >= 0.3 is 0 Å². The first kappa shape index (κ1) is 24.4. The van der Waals surface area contributed by atoms with Crippen molar-refractivity contribution in [1.82, 2.24) is 15.1 Å². The number of rotatable bonds is 8. The number of benzene rings is 1. The minimum absolute atomic E-state index is 0. The second-order valence-corrected chi connectivity index (χ2v) is 7.72. The maximum Gasteiger partial charge on any atom is 0.194 e. The molecule has 29 heavy (non-hydrogen) atoms. The number of aliphatic imine (C=N–C) groups is 1. The molecule has 2 aliphatic rings. The Bertz CT molecular complexity index is 596. The fourth-order valence-corrected chi connectivity index (χ4v) is 3.91. The third-order valence-electron chi connectivity index (χ3n) is 5.36. The van der Waals surface area contributed by atoms with Crippen molar-refractivity contribution >= 4 is 29.9 Å². The molecule has 3 rings (SSSR count). The molecular formula is C22H37IN4O2. The molecule has 2 atom stereocenters. The highest BCUT2D eigenvalue weighted by molar-refractivity contribution is 14.0. The van der Waals surface area contributed by atoms with Crippen LogP contribution in [0.25, 0.3) is 0 Å². The predicted octanol–water partition coefficient (Wildman–Crippen LogP) is 2.97. The molecule has 0 aliphatic carbocycles. The predicted molar refractivity (Wildman–Crippen MR) is 129 cm³/mol. The number of ether oxygens (including phenoxy) is 2. The van der Waals surface area contributed by atoms with Gasteiger partial charge in [0.25, 0.3) is 0 Å². The molecule has 2 saturated heterocycles. The lowest BCUT2D eigenvalue weighted by atomic mass is 10.1. The van der Waals surface area contributed by atoms with Gasteiger partial charge < -0.3 is 24.6 Å². The van der Waals surface area contributed by atoms with Gasteiger partial charge in [-0.1, -0.05) is 30.3 Å². The molecule has 2 aliphatic heterocycles. The van der Waals surface area contributed by atoms with Gasteiger partial charge in [0.15, 0.2) is 5.96 Å². The average molecular weight is 516 g/mol. The molecule has 0 saturated carbocycles. The van der Waals surface area contributed by atoms with Crippen molar-refractivity contribution < 1.29 is 9.47 Å². The summed E-state index contributed by atoms with van der Waals surface area (Å²) in [6.45, 7) is 9.24. The Morgan fingerprint density at radius 2 is 2.00 bits per heavy atom. The van der Waals surface area contributed by atoms with E-state index in [0.29, 0.717) is 0 Å². The van der Waals surface area contributed by atoms with Crippen LogP contribution in [0, 0.1) is 0 Å². The number of guanidine groups is 1. The number of hydrogen-bond acceptors (Lipinski definition) is 4. The van der Waals surface area contributed by atoms with Gasteiger partial charge in [-0.3, -0.25) is 4.99 Å². The molecule has 2 heterocycles. The molecule has 1 N–H and O–H groups in total. The van der Waals surface area contributed by atoms with Crippen molar-refractivity contribution in [1.29, 1.82) is 0 Å². The van der Waals surface area contributed by atoms with Crippen LogP contribution >= 0.6 is 24.0 Å². The number of hydrogen-bond donors (Lipinski definition) is 1. The summed E-state index contributed by atoms with van der Waals surface area (Å²) in [5, 5.41) is 3.46. The molecule has 2 fully saturated rings. The van der Waals surface area contributed by atoms with E-state index in [1.54, 1.807) is 0 Å². The highest BCUT2D eigenvalue weighted by atomic mass is 127. The summed E-state index contributed by atoms with van der Waals surface area (Å²) in [5.74, 6) is 1.01. The largest absolute Gasteiger partial charge is 0.375 e. The first-order valence-electron chi connectivity index (χ1n) is 10.7. The standard InChI is InChI=1S/C22H36N4O2.HI/c1-3-23-22(26-14-16-28-21(18-26)20-11-7-15-27-20)24-12-8-13-25(2)17-19-9-5-4-6-10-19;/h4-6,9-10,20-21H,3,7-8,11-18H2,1-2H3,(H,23,24);1H. The third kappa shape index (κ3) is 8.03. The summed E-state index contributed by atoms with van der Waals surface area (Å²) < 4.78 is 11.8. The quantitative estimate of drug-likeness (QED) is 0.249. The summed E-state index contributed by atoms with van der Waals surface area (Å²) in [5.41, 5.74) is 1.36. The average Bonchev–Trinajstić information content (AvgIpc) is 3.26. The lowest BCUT2D eigenvalue weighted by molar-refractivity contribution is -0.0817. The summed E-state index contributed by atoms with van der Waals surface area (Å²) in [7, 11) is 2.18. The monoisotopic (exact) mass is 516 g/mol. The van der Waals surface area contributed by atoms with Crippen molar-refractivity contribution in [3.8, 4) is 0 Å². The van der Waals surface area contributed by atoms with E-state index in [4.69, 9.17) is 14.5 Å². The van der Waals surface area contributed by atoms with E-state index >= 15 is 0 Å². The van der Waals surface area contributed by atoms with Gasteiger partial charge in [-0.25, -0.2) is 0 Å². The second kappa shape index (κ2) is 13.4. The zero-order valence-electron chi connectivity index (χ0n) is 17.9. The van der Waals surface area contributed by atoms with Gasteiger partial charge in [0.1, 0.15) is 6.10 Å². The highest BCUT2D eigenvalue weighted by Gasteiger charge is 2.32. The van der Waals surface area contributed by atoms with E-state index in [1.165, 1.54) is 5.56 Å². The molecular weight excluding hydrogens is 479 g/mol. The maximum absolute atomic E-state index is 5.98. The molecule has 6 nitrogen and oxygen atoms in total. The van der Waals surface area contributed by atoms with Gasteiger partial charge in [0, 0.05) is 39.3 Å². The van der Waals surface area contributed by atoms with E-state index in [9.17, 15) is 0 Å². The Morgan fingerprint density at radius 1 is 1.21 bits per heavy atom. The molecule has 1 aromatic carbocycles. The highest BCUT2D eigenvalue weighted by Crippen LogP contribution is 2.21. The molecule has 2 unspecified atom stereocenters. The van der Waals surface area contributed by atoms with E-state index in [0.717, 1.165) is 77.7 Å². The van der Waals surface area contributed by atoms with Crippen LogP contribution in [0.5, 0.6) is 0 Å². The Labute approximate surface area is 193 Å². The van der Waals surface area contributed by atoms with Crippen LogP contribution in [-0.2, 0) is 16.0 Å². The molecule has 0 radical (unpaired) electrons. The van der Waals surface area contributed by atoms with Crippen molar-refractivity contribution in [3.63, 3.8) is 0 Å². The van der Waals surface area contributed by atoms with Gasteiger partial charge in [-0.15, -0.1) is 24.0 Å². The van der Waals surface area contributed by atoms with Crippen LogP contribution in [0.3, 0.4) is 0 Å². The van der Waals surface area contributed by atoms with Crippen LogP contribution in [-0.4, -0.2) is 81.0 Å². The Hall–Kier alpha value is -0.900. The zero-order chi connectivity index (χ0) is 19.6. The topological polar surface area (TPSA) is 49.3 Å². The Morgan fingerprint density at radius 3 is 2.72 bits per heavy atom. The van der Waals surface area contributed by atoms with Gasteiger partial charge in [0.05, 0.1) is 12.7 Å². The number of nitrogens with one attached hydrogen (secondary N) is 1. The van der Waals surface area contributed by atoms with Crippen molar-refractivity contribution in [2.75, 3.05) is 53.0 Å². The Balaban J connectivity index is 0.00000300. The smallest absolute Gasteiger partial charge is 0.194 e. The molecule has 0 aromatic heterocycles. The minimum atomic E-state index is 0. The van der Waals surface area contributed by atoms with E-state index in [-0.39, 0.29) is 36.2 Å². The van der Waals surface area contributed by atoms with Crippen LogP contribution < -0.4 is 5.32 Å². The number of nitrogens with zero attached hydrogens (tertiary/aromatic N) is 3. The first-order chi connectivity index (χ1) is 13.8. The second-order valence-electron chi connectivity index (χ2n) is 7.72. The normalized spacial score (nSPS) is 22.6. The number of morpholine rings is 1. The van der Waals surface area contributed by atoms with Crippen LogP contribution in [0.2, 0.25) is 0 Å². The van der Waals surface area contributed by atoms with Crippen LogP contribution in [0.15, 0.2) is 35.3 Å². The molecule has 0 amide bonds. The van der Waals surface area contributed by atoms with E-state index in [2.05, 4.69) is 59.4 Å². The van der Waals surface area contributed by atoms with Crippen LogP contribution in [0.4, 0.5) is 0 Å². The SMILES string of the molecule is CCNC(=NCCCN(C)Cc1ccccc1)N1CCOC(C2CCCO2)C1.I. The first-order valence-corrected chi connectivity index (χ1v) is 10.7. The Kier molecular flexibility index (Phi) is 11.3. The molecule has 0 spiro atoms. The summed E-state index contributed by atoms with van der Waals surface area (Å²) in [4.78, 5) is 9.59. The molecule has 1 aromatic rings. The molecule has 7 heteroatoms. The maximum atomic E-state index is 5.98.